The normalized spacial score (nSPS) is 36.4. The van der Waals surface area contributed by atoms with Crippen LogP contribution in [0.15, 0.2) is 53.0 Å². The smallest absolute Gasteiger partial charge is 0.341 e. The second-order valence-corrected chi connectivity index (χ2v) is 18.0. The highest BCUT2D eigenvalue weighted by Crippen LogP contribution is 2.64. The summed E-state index contributed by atoms with van der Waals surface area (Å²) in [4.78, 5) is 40.8. The van der Waals surface area contributed by atoms with E-state index in [0.29, 0.717) is 23.8 Å². The molecule has 3 saturated carbocycles. The number of benzene rings is 1. The highest BCUT2D eigenvalue weighted by Gasteiger charge is 2.56. The SMILES string of the molecule is C=C1CCC[C@H]2[C@](C)(Cc3cc(C(=O)OC)c(O)c(NC4=CC(=O)C(O)=C(C[C@]5(C)[C@@H](C)CC[C@]6(C)C(C)=CCC[C@@H]56)C4=O)c3O)[C@@H](C)CC[C@]12C. The van der Waals surface area contributed by atoms with Gasteiger partial charge in [-0.25, -0.2) is 4.79 Å². The van der Waals surface area contributed by atoms with Crippen molar-refractivity contribution in [3.05, 3.63) is 64.1 Å². The summed E-state index contributed by atoms with van der Waals surface area (Å²) < 4.78 is 5.04. The molecule has 0 radical (unpaired) electrons. The molecule has 1 aromatic carbocycles. The van der Waals surface area contributed by atoms with Crippen molar-refractivity contribution >= 4 is 23.2 Å². The fourth-order valence-corrected chi connectivity index (χ4v) is 11.6. The van der Waals surface area contributed by atoms with Crippen molar-refractivity contribution in [1.29, 1.82) is 0 Å². The lowest BCUT2D eigenvalue weighted by Gasteiger charge is -2.59. The van der Waals surface area contributed by atoms with Gasteiger partial charge in [-0.2, -0.15) is 0 Å². The number of aliphatic hydroxyl groups is 1. The molecule has 6 rings (SSSR count). The number of anilines is 1. The number of carbonyl (C=O) groups is 3. The number of fused-ring (bicyclic) bond motifs is 2. The van der Waals surface area contributed by atoms with E-state index in [9.17, 15) is 29.7 Å². The molecule has 5 aliphatic rings. The maximum atomic E-state index is 14.4. The number of esters is 1. The van der Waals surface area contributed by atoms with Crippen molar-refractivity contribution in [2.45, 2.75) is 119 Å². The van der Waals surface area contributed by atoms with E-state index in [2.05, 4.69) is 66.4 Å². The lowest BCUT2D eigenvalue weighted by atomic mass is 9.46. The van der Waals surface area contributed by atoms with E-state index < -0.39 is 29.0 Å². The zero-order valence-corrected chi connectivity index (χ0v) is 32.5. The zero-order valence-electron chi connectivity index (χ0n) is 32.5. The summed E-state index contributed by atoms with van der Waals surface area (Å²) in [6.45, 7) is 20.2. The van der Waals surface area contributed by atoms with Crippen molar-refractivity contribution in [3.63, 3.8) is 0 Å². The van der Waals surface area contributed by atoms with E-state index in [1.165, 1.54) is 24.3 Å². The number of methoxy groups -OCH3 is 1. The molecule has 0 bridgehead atoms. The Bertz CT molecular complexity index is 1820. The maximum absolute atomic E-state index is 14.4. The minimum absolute atomic E-state index is 0.0319. The number of rotatable bonds is 7. The second-order valence-electron chi connectivity index (χ2n) is 18.0. The molecule has 8 heteroatoms. The third kappa shape index (κ3) is 5.74. The minimum atomic E-state index is -0.795. The average Bonchev–Trinajstić information content (AvgIpc) is 3.10. The fraction of sp³-hybridized carbons (Fsp3) is 0.614. The van der Waals surface area contributed by atoms with Crippen LogP contribution in [0, 0.1) is 45.3 Å². The van der Waals surface area contributed by atoms with Crippen molar-refractivity contribution in [3.8, 4) is 11.5 Å². The van der Waals surface area contributed by atoms with E-state index in [4.69, 9.17) is 4.74 Å². The lowest BCUT2D eigenvalue weighted by molar-refractivity contribution is -0.118. The number of aromatic hydroxyl groups is 2. The molecule has 8 nitrogen and oxygen atoms in total. The van der Waals surface area contributed by atoms with Gasteiger partial charge >= 0.3 is 5.97 Å². The van der Waals surface area contributed by atoms with E-state index in [0.717, 1.165) is 63.9 Å². The third-order valence-corrected chi connectivity index (χ3v) is 15.6. The predicted octanol–water partition coefficient (Wildman–Crippen LogP) is 9.67. The van der Waals surface area contributed by atoms with Crippen molar-refractivity contribution < 1.29 is 34.4 Å². The van der Waals surface area contributed by atoms with Gasteiger partial charge in [0.2, 0.25) is 11.6 Å². The average molecular weight is 714 g/mol. The van der Waals surface area contributed by atoms with Gasteiger partial charge in [0.15, 0.2) is 11.5 Å². The summed E-state index contributed by atoms with van der Waals surface area (Å²) >= 11 is 0. The summed E-state index contributed by atoms with van der Waals surface area (Å²) in [5, 5.41) is 37.5. The Morgan fingerprint density at radius 3 is 2.19 bits per heavy atom. The number of carbonyl (C=O) groups excluding carboxylic acids is 3. The third-order valence-electron chi connectivity index (χ3n) is 15.6. The van der Waals surface area contributed by atoms with Gasteiger partial charge in [-0.15, -0.1) is 0 Å². The highest BCUT2D eigenvalue weighted by atomic mass is 16.5. The van der Waals surface area contributed by atoms with Crippen LogP contribution in [0.2, 0.25) is 0 Å². The van der Waals surface area contributed by atoms with Crippen LogP contribution in [0.25, 0.3) is 0 Å². The number of hydrogen-bond donors (Lipinski definition) is 4. The lowest BCUT2D eigenvalue weighted by Crippen LogP contribution is -2.51. The monoisotopic (exact) mass is 713 g/mol. The van der Waals surface area contributed by atoms with Crippen molar-refractivity contribution in [2.75, 3.05) is 12.4 Å². The Kier molecular flexibility index (Phi) is 9.66. The molecule has 8 atom stereocenters. The van der Waals surface area contributed by atoms with Crippen LogP contribution >= 0.6 is 0 Å². The number of aliphatic hydroxyl groups excluding tert-OH is 1. The fourth-order valence-electron chi connectivity index (χ4n) is 11.6. The van der Waals surface area contributed by atoms with E-state index in [1.54, 1.807) is 0 Å². The first kappa shape index (κ1) is 37.9. The number of allylic oxidation sites excluding steroid dienone is 5. The van der Waals surface area contributed by atoms with Gasteiger partial charge in [0.05, 0.1) is 12.8 Å². The van der Waals surface area contributed by atoms with Gasteiger partial charge < -0.3 is 25.4 Å². The largest absolute Gasteiger partial charge is 0.505 e. The van der Waals surface area contributed by atoms with Crippen LogP contribution in [0.3, 0.4) is 0 Å². The van der Waals surface area contributed by atoms with Gasteiger partial charge in [0, 0.05) is 11.6 Å². The Balaban J connectivity index is 1.37. The second kappa shape index (κ2) is 13.2. The van der Waals surface area contributed by atoms with Crippen LogP contribution in [-0.4, -0.2) is 40.0 Å². The number of ether oxygens (including phenoxy) is 1. The standard InChI is InChI=1S/C44H59NO7/c1-24-12-10-14-33-41(24,5)18-16-26(3)43(33,7)22-28-20-29(40(51)52-9)39(50)35(36(28)47)45-31-21-32(46)38(49)30(37(31)48)23-44(8)27(4)17-19-42(6)25(2)13-11-15-34(42)44/h13,20-21,26-27,33-34,45,47,49-50H,1,10-12,14-19,22-23H2,2-9H3/t26-,27-,33+,34+,41+,42+,43+,44+/m0/s1. The van der Waals surface area contributed by atoms with E-state index >= 15 is 0 Å². The quantitative estimate of drug-likeness (QED) is 0.0950. The predicted molar refractivity (Wildman–Crippen MR) is 203 cm³/mol. The molecule has 0 spiro atoms. The number of hydrogen-bond acceptors (Lipinski definition) is 8. The van der Waals surface area contributed by atoms with Gasteiger partial charge in [-0.05, 0) is 135 Å². The number of nitrogens with one attached hydrogen (secondary N) is 1. The van der Waals surface area contributed by atoms with Gasteiger partial charge in [-0.3, -0.25) is 9.59 Å². The first-order chi connectivity index (χ1) is 24.3. The number of ketones is 2. The highest BCUT2D eigenvalue weighted by molar-refractivity contribution is 6.23. The molecule has 3 fully saturated rings. The summed E-state index contributed by atoms with van der Waals surface area (Å²) in [5.41, 5.74) is 1.78. The molecule has 0 heterocycles. The molecule has 0 saturated heterocycles. The van der Waals surface area contributed by atoms with Crippen molar-refractivity contribution in [2.24, 2.45) is 45.3 Å². The zero-order chi connectivity index (χ0) is 38.1. The molecule has 0 unspecified atom stereocenters. The molecular formula is C44H59NO7. The van der Waals surface area contributed by atoms with Crippen LogP contribution in [0.5, 0.6) is 11.5 Å². The molecule has 0 amide bonds. The molecule has 4 N–H and O–H groups in total. The Morgan fingerprint density at radius 1 is 0.923 bits per heavy atom. The first-order valence-corrected chi connectivity index (χ1v) is 19.3. The van der Waals surface area contributed by atoms with Crippen LogP contribution < -0.4 is 5.32 Å². The van der Waals surface area contributed by atoms with Gasteiger partial charge in [-0.1, -0.05) is 65.3 Å². The van der Waals surface area contributed by atoms with Crippen LogP contribution in [-0.2, 0) is 20.7 Å². The summed E-state index contributed by atoms with van der Waals surface area (Å²) in [6.07, 6.45) is 13.0. The van der Waals surface area contributed by atoms with Crippen LogP contribution in [0.1, 0.15) is 129 Å². The first-order valence-electron chi connectivity index (χ1n) is 19.3. The maximum Gasteiger partial charge on any atom is 0.341 e. The molecule has 5 aliphatic carbocycles. The summed E-state index contributed by atoms with van der Waals surface area (Å²) in [5.74, 6) is -2.46. The minimum Gasteiger partial charge on any atom is -0.505 e. The Morgan fingerprint density at radius 2 is 1.54 bits per heavy atom. The topological polar surface area (TPSA) is 133 Å². The van der Waals surface area contributed by atoms with Gasteiger partial charge in [0.25, 0.3) is 0 Å². The number of phenols is 2. The summed E-state index contributed by atoms with van der Waals surface area (Å²) in [7, 11) is 1.22. The summed E-state index contributed by atoms with van der Waals surface area (Å²) in [6, 6.07) is 1.49. The van der Waals surface area contributed by atoms with Crippen LogP contribution in [0.4, 0.5) is 5.69 Å². The Hall–Kier alpha value is -3.81. The number of phenolic OH excluding ortho intramolecular Hbond substituents is 2. The van der Waals surface area contributed by atoms with Crippen molar-refractivity contribution in [1.82, 2.24) is 0 Å². The number of Topliss-reactive ketones (excluding diaryl/α,β-unsaturated/α-hetero) is 1. The molecule has 0 aliphatic heterocycles. The molecule has 0 aromatic heterocycles. The van der Waals surface area contributed by atoms with Gasteiger partial charge in [0.1, 0.15) is 17.0 Å². The molecule has 1 aromatic rings. The molecular weight excluding hydrogens is 654 g/mol. The Labute approximate surface area is 309 Å². The van der Waals surface area contributed by atoms with E-state index in [1.807, 2.05) is 0 Å². The van der Waals surface area contributed by atoms with E-state index in [-0.39, 0.29) is 68.2 Å². The molecule has 282 valence electrons. The molecule has 52 heavy (non-hydrogen) atoms.